The van der Waals surface area contributed by atoms with Gasteiger partial charge in [-0.3, -0.25) is 4.98 Å². The molecular weight excluding hydrogens is 557 g/mol. The Morgan fingerprint density at radius 2 is 1.62 bits per heavy atom. The van der Waals surface area contributed by atoms with Crippen LogP contribution in [-0.2, 0) is 26.2 Å². The molecule has 0 saturated heterocycles. The quantitative estimate of drug-likeness (QED) is 0.234. The smallest absolute Gasteiger partial charge is 0.206 e. The van der Waals surface area contributed by atoms with Crippen molar-refractivity contribution in [3.8, 4) is 11.4 Å². The van der Waals surface area contributed by atoms with E-state index in [1.54, 1.807) is 60.8 Å². The van der Waals surface area contributed by atoms with Gasteiger partial charge in [0.1, 0.15) is 27.0 Å². The van der Waals surface area contributed by atoms with Gasteiger partial charge in [-0.15, -0.1) is 11.3 Å². The molecule has 13 heteroatoms. The number of fused-ring (bicyclic) bond motifs is 1. The maximum absolute atomic E-state index is 12.9. The summed E-state index contributed by atoms with van der Waals surface area (Å²) in [6, 6.07) is 16.6. The molecule has 200 valence electrons. The van der Waals surface area contributed by atoms with Crippen molar-refractivity contribution in [2.24, 2.45) is 0 Å². The molecule has 5 rings (SSSR count). The lowest BCUT2D eigenvalue weighted by Crippen LogP contribution is -2.21. The zero-order valence-corrected chi connectivity index (χ0v) is 23.2. The van der Waals surface area contributed by atoms with Crippen molar-refractivity contribution < 1.29 is 16.8 Å². The zero-order chi connectivity index (χ0) is 27.5. The fourth-order valence-corrected chi connectivity index (χ4v) is 6.31. The summed E-state index contributed by atoms with van der Waals surface area (Å²) in [6.07, 6.45) is 4.29. The van der Waals surface area contributed by atoms with Crippen LogP contribution in [0.25, 0.3) is 22.3 Å². The summed E-state index contributed by atoms with van der Waals surface area (Å²) in [5.74, 6) is 0.610. The van der Waals surface area contributed by atoms with Crippen LogP contribution in [0, 0.1) is 0 Å². The number of sulfone groups is 2. The number of thiazole rings is 1. The Morgan fingerprint density at radius 3 is 2.36 bits per heavy atom. The Labute approximate surface area is 230 Å². The number of nitrogens with zero attached hydrogens (tertiary/aromatic N) is 4. The topological polar surface area (TPSA) is 144 Å². The molecule has 0 fully saturated rings. The minimum absolute atomic E-state index is 0.0683. The molecular formula is C26H24N6O4S3. The van der Waals surface area contributed by atoms with E-state index in [9.17, 15) is 16.8 Å². The van der Waals surface area contributed by atoms with Crippen molar-refractivity contribution >= 4 is 53.4 Å². The summed E-state index contributed by atoms with van der Waals surface area (Å²) in [5.41, 5.74) is 2.63. The van der Waals surface area contributed by atoms with E-state index >= 15 is 0 Å². The van der Waals surface area contributed by atoms with Crippen LogP contribution in [0.5, 0.6) is 0 Å². The van der Waals surface area contributed by atoms with Crippen LogP contribution in [0.3, 0.4) is 0 Å². The highest BCUT2D eigenvalue weighted by atomic mass is 32.2. The van der Waals surface area contributed by atoms with Gasteiger partial charge < -0.3 is 10.6 Å². The highest BCUT2D eigenvalue weighted by molar-refractivity contribution is 7.91. The lowest BCUT2D eigenvalue weighted by Gasteiger charge is -2.10. The first-order valence-electron chi connectivity index (χ1n) is 11.8. The van der Waals surface area contributed by atoms with E-state index in [0.717, 1.165) is 10.4 Å². The van der Waals surface area contributed by atoms with Gasteiger partial charge in [0.15, 0.2) is 0 Å². The molecule has 0 unspecified atom stereocenters. The third-order valence-electron chi connectivity index (χ3n) is 5.74. The van der Waals surface area contributed by atoms with Gasteiger partial charge >= 0.3 is 0 Å². The highest BCUT2D eigenvalue weighted by Gasteiger charge is 2.17. The normalized spacial score (nSPS) is 12.0. The monoisotopic (exact) mass is 580 g/mol. The first kappa shape index (κ1) is 26.8. The van der Waals surface area contributed by atoms with Crippen molar-refractivity contribution in [1.82, 2.24) is 25.3 Å². The maximum atomic E-state index is 12.9. The van der Waals surface area contributed by atoms with E-state index < -0.39 is 19.7 Å². The fourth-order valence-electron chi connectivity index (χ4n) is 3.75. The minimum Gasteiger partial charge on any atom is -0.340 e. The lowest BCUT2D eigenvalue weighted by molar-refractivity contribution is 0.594. The maximum Gasteiger partial charge on any atom is 0.206 e. The Hall–Kier alpha value is -3.78. The molecule has 0 amide bonds. The average Bonchev–Trinajstić information content (AvgIpc) is 3.40. The van der Waals surface area contributed by atoms with Crippen LogP contribution in [0.4, 0.5) is 11.5 Å². The Morgan fingerprint density at radius 1 is 0.872 bits per heavy atom. The van der Waals surface area contributed by atoms with Gasteiger partial charge in [0.05, 0.1) is 38.6 Å². The minimum atomic E-state index is -3.61. The largest absolute Gasteiger partial charge is 0.340 e. The molecule has 0 radical (unpaired) electrons. The molecule has 0 aliphatic heterocycles. The molecule has 0 aliphatic carbocycles. The summed E-state index contributed by atoms with van der Waals surface area (Å²) in [5, 5.41) is 9.77. The second-order valence-electron chi connectivity index (χ2n) is 8.71. The molecule has 0 spiro atoms. The molecule has 3 aromatic heterocycles. The van der Waals surface area contributed by atoms with Gasteiger partial charge in [-0.05, 0) is 42.5 Å². The van der Waals surface area contributed by atoms with E-state index in [0.29, 0.717) is 41.5 Å². The Balaban J connectivity index is 1.34. The van der Waals surface area contributed by atoms with E-state index in [1.807, 2.05) is 11.4 Å². The molecule has 39 heavy (non-hydrogen) atoms. The molecule has 10 nitrogen and oxygen atoms in total. The molecule has 0 saturated carbocycles. The Bertz CT molecular complexity index is 1830. The predicted molar refractivity (Wildman–Crippen MR) is 151 cm³/mol. The van der Waals surface area contributed by atoms with Crippen molar-refractivity contribution in [1.29, 1.82) is 0 Å². The van der Waals surface area contributed by atoms with Crippen molar-refractivity contribution in [3.05, 3.63) is 83.6 Å². The second-order valence-corrected chi connectivity index (χ2v) is 13.9. The third-order valence-corrected chi connectivity index (χ3v) is 9.32. The number of rotatable bonds is 10. The van der Waals surface area contributed by atoms with Crippen LogP contribution in [0.2, 0.25) is 0 Å². The first-order chi connectivity index (χ1) is 18.7. The fraction of sp³-hybridized carbons (Fsp3) is 0.154. The number of nitrogens with one attached hydrogen (secondary N) is 2. The van der Waals surface area contributed by atoms with E-state index in [-0.39, 0.29) is 15.5 Å². The summed E-state index contributed by atoms with van der Waals surface area (Å²) in [6.45, 7) is 0.813. The average molecular weight is 581 g/mol. The summed E-state index contributed by atoms with van der Waals surface area (Å²) >= 11 is 1.46. The van der Waals surface area contributed by atoms with Gasteiger partial charge in [0.25, 0.3) is 0 Å². The molecule has 2 N–H and O–H groups in total. The van der Waals surface area contributed by atoms with Crippen LogP contribution >= 0.6 is 11.3 Å². The SMILES string of the molecule is CS(=O)(=O)CCNCc1nc(-c2cc3c(Nc4ccc(S(=O)(=O)c5ccccc5)cc4)ncnc3cn2)cs1. The van der Waals surface area contributed by atoms with Gasteiger partial charge in [-0.2, -0.15) is 0 Å². The highest BCUT2D eigenvalue weighted by Crippen LogP contribution is 2.29. The third kappa shape index (κ3) is 6.45. The van der Waals surface area contributed by atoms with Crippen LogP contribution in [0.1, 0.15) is 5.01 Å². The predicted octanol–water partition coefficient (Wildman–Crippen LogP) is 3.86. The van der Waals surface area contributed by atoms with Gasteiger partial charge in [-0.25, -0.2) is 31.8 Å². The van der Waals surface area contributed by atoms with E-state index in [4.69, 9.17) is 0 Å². The molecule has 2 aromatic carbocycles. The van der Waals surface area contributed by atoms with Crippen LogP contribution < -0.4 is 10.6 Å². The van der Waals surface area contributed by atoms with E-state index in [1.165, 1.54) is 23.9 Å². The number of pyridine rings is 1. The number of benzene rings is 2. The molecule has 0 bridgehead atoms. The lowest BCUT2D eigenvalue weighted by atomic mass is 10.2. The van der Waals surface area contributed by atoms with Gasteiger partial charge in [0.2, 0.25) is 9.84 Å². The molecule has 5 aromatic rings. The standard InChI is InChI=1S/C26H24N6O4S3/c1-38(33,34)12-11-27-15-25-32-24(16-37-25)22-13-21-23(14-28-22)29-17-30-26(21)31-18-7-9-20(10-8-18)39(35,36)19-5-3-2-4-6-19/h2-10,13-14,16-17,27H,11-12,15H2,1H3,(H,29,30,31). The van der Waals surface area contributed by atoms with Gasteiger partial charge in [-0.1, -0.05) is 18.2 Å². The number of hydrogen-bond acceptors (Lipinski definition) is 11. The van der Waals surface area contributed by atoms with Crippen LogP contribution in [0.15, 0.2) is 88.4 Å². The number of hydrogen-bond donors (Lipinski definition) is 2. The van der Waals surface area contributed by atoms with Crippen LogP contribution in [-0.4, -0.2) is 55.3 Å². The molecule has 0 atom stereocenters. The van der Waals surface area contributed by atoms with E-state index in [2.05, 4.69) is 30.6 Å². The van der Waals surface area contributed by atoms with Crippen molar-refractivity contribution in [3.63, 3.8) is 0 Å². The summed E-state index contributed by atoms with van der Waals surface area (Å²) in [4.78, 5) is 18.2. The zero-order valence-electron chi connectivity index (χ0n) is 20.8. The summed E-state index contributed by atoms with van der Waals surface area (Å²) < 4.78 is 48.3. The molecule has 0 aliphatic rings. The number of aromatic nitrogens is 4. The molecule has 3 heterocycles. The second kappa shape index (κ2) is 11.1. The van der Waals surface area contributed by atoms with Crippen molar-refractivity contribution in [2.75, 3.05) is 23.9 Å². The number of anilines is 2. The Kier molecular flexibility index (Phi) is 7.66. The van der Waals surface area contributed by atoms with Gasteiger partial charge in [0, 0.05) is 35.8 Å². The van der Waals surface area contributed by atoms with Crippen molar-refractivity contribution in [2.45, 2.75) is 16.3 Å². The first-order valence-corrected chi connectivity index (χ1v) is 16.2. The summed E-state index contributed by atoms with van der Waals surface area (Å²) in [7, 11) is -6.63.